The molecule has 10 nitrogen and oxygen atoms in total. The summed E-state index contributed by atoms with van der Waals surface area (Å²) in [6.45, 7) is 6.20. The third-order valence-electron chi connectivity index (χ3n) is 7.80. The van der Waals surface area contributed by atoms with Crippen molar-refractivity contribution in [3.8, 4) is 17.2 Å². The molecule has 0 radical (unpaired) electrons. The molecule has 10 heteroatoms. The minimum absolute atomic E-state index is 0.0224. The van der Waals surface area contributed by atoms with Gasteiger partial charge in [-0.25, -0.2) is 9.59 Å². The van der Waals surface area contributed by atoms with Crippen molar-refractivity contribution in [2.24, 2.45) is 0 Å². The SMILES string of the molecule is CC(C)(C)OC(=O)N1CCC[C@@H](OC(=O)c2cccc(OCc3ccccc3)c2OCc2ccccc2)[C@H](NC(=O)c2ccc(O)cc2)C1. The lowest BCUT2D eigenvalue weighted by molar-refractivity contribution is 0.0124. The van der Waals surface area contributed by atoms with Crippen LogP contribution >= 0.6 is 0 Å². The molecule has 0 aromatic heterocycles. The molecule has 1 saturated heterocycles. The third-order valence-corrected chi connectivity index (χ3v) is 7.80. The van der Waals surface area contributed by atoms with Crippen molar-refractivity contribution in [3.63, 3.8) is 0 Å². The number of benzene rings is 4. The molecule has 1 heterocycles. The first-order chi connectivity index (χ1) is 23.6. The van der Waals surface area contributed by atoms with Gasteiger partial charge in [0.2, 0.25) is 0 Å². The zero-order valence-electron chi connectivity index (χ0n) is 28.0. The highest BCUT2D eigenvalue weighted by Crippen LogP contribution is 2.34. The number of carbonyl (C=O) groups is 3. The second-order valence-corrected chi connectivity index (χ2v) is 12.8. The fourth-order valence-corrected chi connectivity index (χ4v) is 5.37. The van der Waals surface area contributed by atoms with Gasteiger partial charge in [-0.05, 0) is 81.1 Å². The van der Waals surface area contributed by atoms with Crippen LogP contribution in [0.25, 0.3) is 0 Å². The van der Waals surface area contributed by atoms with E-state index in [0.717, 1.165) is 11.1 Å². The summed E-state index contributed by atoms with van der Waals surface area (Å²) in [6, 6.07) is 29.3. The minimum atomic E-state index is -0.795. The molecule has 0 spiro atoms. The maximum Gasteiger partial charge on any atom is 0.410 e. The summed E-state index contributed by atoms with van der Waals surface area (Å²) in [7, 11) is 0. The summed E-state index contributed by atoms with van der Waals surface area (Å²) in [4.78, 5) is 42.0. The molecular weight excluding hydrogens is 624 g/mol. The van der Waals surface area contributed by atoms with Crippen LogP contribution in [0.15, 0.2) is 103 Å². The molecule has 2 atom stereocenters. The van der Waals surface area contributed by atoms with E-state index in [1.807, 2.05) is 60.7 Å². The van der Waals surface area contributed by atoms with Crippen LogP contribution in [0, 0.1) is 0 Å². The number of nitrogens with zero attached hydrogens (tertiary/aromatic N) is 1. The van der Waals surface area contributed by atoms with Crippen molar-refractivity contribution in [3.05, 3.63) is 125 Å². The molecule has 0 bridgehead atoms. The highest BCUT2D eigenvalue weighted by Gasteiger charge is 2.35. The number of amides is 2. The van der Waals surface area contributed by atoms with Gasteiger partial charge in [-0.15, -0.1) is 0 Å². The first kappa shape index (κ1) is 34.8. The standard InChI is InChI=1S/C39H42N2O8/c1-39(2,3)49-38(45)41-23-11-18-33(32(24-41)40-36(43)29-19-21-30(42)22-20-29)48-37(44)31-16-10-17-34(46-25-27-12-6-4-7-13-27)35(31)47-26-28-14-8-5-9-15-28/h4-10,12-17,19-22,32-33,42H,11,18,23-26H2,1-3H3,(H,40,43)/t32-,33-/m1/s1. The summed E-state index contributed by atoms with van der Waals surface area (Å²) in [6.07, 6.45) is -0.448. The van der Waals surface area contributed by atoms with Gasteiger partial charge >= 0.3 is 12.1 Å². The molecule has 256 valence electrons. The van der Waals surface area contributed by atoms with Crippen LogP contribution in [0.1, 0.15) is 65.5 Å². The highest BCUT2D eigenvalue weighted by atomic mass is 16.6. The van der Waals surface area contributed by atoms with Crippen LogP contribution in [-0.4, -0.2) is 58.8 Å². The summed E-state index contributed by atoms with van der Waals surface area (Å²) >= 11 is 0. The Labute approximate surface area is 286 Å². The van der Waals surface area contributed by atoms with E-state index < -0.39 is 35.7 Å². The van der Waals surface area contributed by atoms with E-state index in [1.54, 1.807) is 39.0 Å². The van der Waals surface area contributed by atoms with Crippen LogP contribution in [0.2, 0.25) is 0 Å². The smallest absolute Gasteiger partial charge is 0.410 e. The van der Waals surface area contributed by atoms with Crippen LogP contribution in [-0.2, 0) is 22.7 Å². The number of aromatic hydroxyl groups is 1. The Kier molecular flexibility index (Phi) is 11.4. The van der Waals surface area contributed by atoms with Crippen LogP contribution in [0.3, 0.4) is 0 Å². The van der Waals surface area contributed by atoms with Gasteiger partial charge in [-0.2, -0.15) is 0 Å². The van der Waals surface area contributed by atoms with Crippen molar-refractivity contribution in [2.45, 2.75) is 64.6 Å². The number of carbonyl (C=O) groups excluding carboxylic acids is 3. The van der Waals surface area contributed by atoms with Crippen molar-refractivity contribution in [1.29, 1.82) is 0 Å². The van der Waals surface area contributed by atoms with Crippen molar-refractivity contribution < 1.29 is 38.4 Å². The van der Waals surface area contributed by atoms with E-state index in [9.17, 15) is 19.5 Å². The number of hydrogen-bond acceptors (Lipinski definition) is 8. The quantitative estimate of drug-likeness (QED) is 0.175. The molecule has 49 heavy (non-hydrogen) atoms. The normalized spacial score (nSPS) is 16.2. The topological polar surface area (TPSA) is 124 Å². The fourth-order valence-electron chi connectivity index (χ4n) is 5.37. The zero-order valence-corrected chi connectivity index (χ0v) is 28.0. The number of para-hydroxylation sites is 1. The maximum absolute atomic E-state index is 14.0. The van der Waals surface area contributed by atoms with Gasteiger partial charge in [-0.1, -0.05) is 66.7 Å². The van der Waals surface area contributed by atoms with Gasteiger partial charge in [0.15, 0.2) is 11.5 Å². The molecule has 2 amide bonds. The summed E-state index contributed by atoms with van der Waals surface area (Å²) in [5, 5.41) is 12.7. The van der Waals surface area contributed by atoms with Gasteiger partial charge in [-0.3, -0.25) is 4.79 Å². The van der Waals surface area contributed by atoms with Gasteiger partial charge in [0, 0.05) is 18.7 Å². The highest BCUT2D eigenvalue weighted by molar-refractivity contribution is 5.95. The van der Waals surface area contributed by atoms with E-state index in [1.165, 1.54) is 29.2 Å². The molecule has 4 aromatic carbocycles. The second kappa shape index (κ2) is 16.1. The van der Waals surface area contributed by atoms with Gasteiger partial charge in [0.25, 0.3) is 5.91 Å². The Morgan fingerprint density at radius 1 is 0.816 bits per heavy atom. The van der Waals surface area contributed by atoms with Gasteiger partial charge < -0.3 is 34.3 Å². The predicted octanol–water partition coefficient (Wildman–Crippen LogP) is 6.91. The Morgan fingerprint density at radius 3 is 2.08 bits per heavy atom. The Bertz CT molecular complexity index is 1710. The van der Waals surface area contributed by atoms with Crippen molar-refractivity contribution in [2.75, 3.05) is 13.1 Å². The lowest BCUT2D eigenvalue weighted by atomic mass is 10.1. The second-order valence-electron chi connectivity index (χ2n) is 12.8. The summed E-state index contributed by atoms with van der Waals surface area (Å²) in [5.74, 6) is -0.466. The first-order valence-electron chi connectivity index (χ1n) is 16.3. The molecule has 5 rings (SSSR count). The van der Waals surface area contributed by atoms with Crippen molar-refractivity contribution in [1.82, 2.24) is 10.2 Å². The minimum Gasteiger partial charge on any atom is -0.508 e. The number of esters is 1. The third kappa shape index (κ3) is 9.99. The molecule has 1 aliphatic heterocycles. The number of phenols is 1. The average Bonchev–Trinajstić information content (AvgIpc) is 3.28. The number of likely N-dealkylation sites (tertiary alicyclic amines) is 1. The Hall–Kier alpha value is -5.51. The monoisotopic (exact) mass is 666 g/mol. The molecular formula is C39H42N2O8. The Balaban J connectivity index is 1.41. The molecule has 4 aromatic rings. The largest absolute Gasteiger partial charge is 0.508 e. The molecule has 0 aliphatic carbocycles. The van der Waals surface area contributed by atoms with E-state index in [2.05, 4.69) is 5.32 Å². The van der Waals surface area contributed by atoms with Crippen LogP contribution in [0.4, 0.5) is 4.79 Å². The van der Waals surface area contributed by atoms with E-state index in [-0.39, 0.29) is 36.8 Å². The predicted molar refractivity (Wildman–Crippen MR) is 184 cm³/mol. The molecule has 1 fully saturated rings. The lowest BCUT2D eigenvalue weighted by Crippen LogP contribution is -2.51. The van der Waals surface area contributed by atoms with Gasteiger partial charge in [0.1, 0.15) is 36.2 Å². The number of nitrogens with one attached hydrogen (secondary N) is 1. The van der Waals surface area contributed by atoms with E-state index >= 15 is 0 Å². The molecule has 2 N–H and O–H groups in total. The Morgan fingerprint density at radius 2 is 1.45 bits per heavy atom. The summed E-state index contributed by atoms with van der Waals surface area (Å²) in [5.41, 5.74) is 1.60. The maximum atomic E-state index is 14.0. The van der Waals surface area contributed by atoms with Gasteiger partial charge in [0.05, 0.1) is 6.04 Å². The molecule has 1 aliphatic rings. The van der Waals surface area contributed by atoms with Crippen molar-refractivity contribution >= 4 is 18.0 Å². The fraction of sp³-hybridized carbons (Fsp3) is 0.308. The zero-order chi connectivity index (χ0) is 34.8. The van der Waals surface area contributed by atoms with E-state index in [0.29, 0.717) is 30.7 Å². The van der Waals surface area contributed by atoms with Crippen LogP contribution in [0.5, 0.6) is 17.2 Å². The number of hydrogen-bond donors (Lipinski definition) is 2. The molecule has 0 saturated carbocycles. The average molecular weight is 667 g/mol. The van der Waals surface area contributed by atoms with Crippen LogP contribution < -0.4 is 14.8 Å². The summed E-state index contributed by atoms with van der Waals surface area (Å²) < 4.78 is 24.2. The van der Waals surface area contributed by atoms with E-state index in [4.69, 9.17) is 18.9 Å². The number of phenolic OH excluding ortho intramolecular Hbond substituents is 1. The number of ether oxygens (including phenoxy) is 4. The first-order valence-corrected chi connectivity index (χ1v) is 16.3. The molecule has 0 unspecified atom stereocenters. The number of rotatable bonds is 10. The lowest BCUT2D eigenvalue weighted by Gasteiger charge is -2.31.